The molecule has 1 saturated heterocycles. The Morgan fingerprint density at radius 3 is 2.45 bits per heavy atom. The summed E-state index contributed by atoms with van der Waals surface area (Å²) in [6, 6.07) is 17.1. The van der Waals surface area contributed by atoms with Crippen molar-refractivity contribution in [3.8, 4) is 11.8 Å². The second-order valence-corrected chi connectivity index (χ2v) is 12.0. The van der Waals surface area contributed by atoms with Gasteiger partial charge in [-0.15, -0.1) is 0 Å². The van der Waals surface area contributed by atoms with E-state index in [-0.39, 0.29) is 29.6 Å². The second kappa shape index (κ2) is 11.3. The third-order valence-corrected chi connectivity index (χ3v) is 7.42. The smallest absolute Gasteiger partial charge is 0.410 e. The lowest BCUT2D eigenvalue weighted by Gasteiger charge is -2.33. The van der Waals surface area contributed by atoms with Crippen LogP contribution in [0.5, 0.6) is 5.75 Å². The van der Waals surface area contributed by atoms with Gasteiger partial charge < -0.3 is 18.9 Å². The zero-order valence-corrected chi connectivity index (χ0v) is 24.6. The van der Waals surface area contributed by atoms with Crippen LogP contribution in [0.4, 0.5) is 10.5 Å². The number of amides is 1. The Hall–Kier alpha value is -4.65. The molecule has 1 fully saturated rings. The molecule has 1 amide bonds. The van der Waals surface area contributed by atoms with Gasteiger partial charge in [0.05, 0.1) is 27.6 Å². The van der Waals surface area contributed by atoms with Gasteiger partial charge in [0.1, 0.15) is 17.5 Å². The van der Waals surface area contributed by atoms with Gasteiger partial charge in [-0.3, -0.25) is 10.1 Å². The third-order valence-electron chi connectivity index (χ3n) is 7.42. The molecule has 5 rings (SSSR count). The SMILES string of the molecule is CC(C)c1nc2cc([N+](=O)[O-])c(OC3CCN(C(=O)OC(C)(C)C)CC3)cc2n1Cc1ccc(C#N)c2ccccc12. The van der Waals surface area contributed by atoms with E-state index in [0.29, 0.717) is 43.6 Å². The minimum absolute atomic E-state index is 0.0580. The van der Waals surface area contributed by atoms with Crippen molar-refractivity contribution in [2.45, 2.75) is 71.6 Å². The van der Waals surface area contributed by atoms with E-state index in [2.05, 4.69) is 10.6 Å². The molecular formula is C32H35N5O5. The van der Waals surface area contributed by atoms with E-state index >= 15 is 0 Å². The largest absolute Gasteiger partial charge is 0.483 e. The number of nitro benzene ring substituents is 1. The summed E-state index contributed by atoms with van der Waals surface area (Å²) in [6.45, 7) is 10.9. The molecule has 0 spiro atoms. The van der Waals surface area contributed by atoms with Gasteiger partial charge in [0.2, 0.25) is 0 Å². The average Bonchev–Trinajstić information content (AvgIpc) is 3.29. The summed E-state index contributed by atoms with van der Waals surface area (Å²) in [5, 5.41) is 23.6. The number of rotatable bonds is 6. The minimum Gasteiger partial charge on any atom is -0.483 e. The monoisotopic (exact) mass is 569 g/mol. The van der Waals surface area contributed by atoms with Gasteiger partial charge in [0.15, 0.2) is 5.75 Å². The third kappa shape index (κ3) is 5.86. The maximum atomic E-state index is 12.5. The van der Waals surface area contributed by atoms with Gasteiger partial charge >= 0.3 is 11.8 Å². The molecule has 218 valence electrons. The van der Waals surface area contributed by atoms with Gasteiger partial charge in [-0.05, 0) is 43.2 Å². The standard InChI is InChI=1S/C32H35N5O5/c1-20(2)30-34-26-16-28(37(39)40)29(41-23-12-14-35(15-13-23)31(38)42-32(3,4)5)17-27(26)36(30)19-22-11-10-21(18-33)24-8-6-7-9-25(22)24/h6-11,16-17,20,23H,12-15,19H2,1-5H3. The normalized spacial score (nSPS) is 14.4. The second-order valence-electron chi connectivity index (χ2n) is 12.0. The molecule has 1 aromatic heterocycles. The van der Waals surface area contributed by atoms with Crippen LogP contribution in [0.3, 0.4) is 0 Å². The molecular weight excluding hydrogens is 534 g/mol. The molecule has 1 aliphatic heterocycles. The Morgan fingerprint density at radius 2 is 1.83 bits per heavy atom. The molecule has 0 unspecified atom stereocenters. The molecule has 0 bridgehead atoms. The van der Waals surface area contributed by atoms with Crippen LogP contribution >= 0.6 is 0 Å². The molecule has 10 heteroatoms. The van der Waals surface area contributed by atoms with E-state index in [4.69, 9.17) is 14.5 Å². The number of carbonyl (C=O) groups excluding carboxylic acids is 1. The van der Waals surface area contributed by atoms with Crippen molar-refractivity contribution in [3.63, 3.8) is 0 Å². The Kier molecular flexibility index (Phi) is 7.78. The summed E-state index contributed by atoms with van der Waals surface area (Å²) in [5.74, 6) is 1.04. The Morgan fingerprint density at radius 1 is 1.14 bits per heavy atom. The molecule has 0 N–H and O–H groups in total. The summed E-state index contributed by atoms with van der Waals surface area (Å²) in [6.07, 6.45) is 0.404. The van der Waals surface area contributed by atoms with Gasteiger partial charge in [0.25, 0.3) is 0 Å². The maximum absolute atomic E-state index is 12.5. The van der Waals surface area contributed by atoms with Crippen LogP contribution in [0, 0.1) is 21.4 Å². The lowest BCUT2D eigenvalue weighted by atomic mass is 10.00. The number of nitriles is 1. The predicted octanol–water partition coefficient (Wildman–Crippen LogP) is 6.92. The van der Waals surface area contributed by atoms with Crippen LogP contribution in [0.2, 0.25) is 0 Å². The fourth-order valence-electron chi connectivity index (χ4n) is 5.43. The number of fused-ring (bicyclic) bond motifs is 2. The molecule has 0 aliphatic carbocycles. The predicted molar refractivity (Wildman–Crippen MR) is 160 cm³/mol. The van der Waals surface area contributed by atoms with E-state index in [1.807, 2.05) is 71.0 Å². The van der Waals surface area contributed by atoms with E-state index < -0.39 is 10.5 Å². The number of ether oxygens (including phenoxy) is 2. The van der Waals surface area contributed by atoms with Crippen molar-refractivity contribution in [1.82, 2.24) is 14.5 Å². The molecule has 4 aromatic rings. The number of carbonyl (C=O) groups is 1. The molecule has 0 atom stereocenters. The number of hydrogen-bond donors (Lipinski definition) is 0. The number of nitrogens with zero attached hydrogens (tertiary/aromatic N) is 5. The molecule has 2 heterocycles. The summed E-state index contributed by atoms with van der Waals surface area (Å²) in [4.78, 5) is 30.6. The first-order valence-corrected chi connectivity index (χ1v) is 14.2. The number of benzene rings is 3. The zero-order chi connectivity index (χ0) is 30.2. The first-order chi connectivity index (χ1) is 19.9. The summed E-state index contributed by atoms with van der Waals surface area (Å²) >= 11 is 0. The molecule has 1 aliphatic rings. The van der Waals surface area contributed by atoms with E-state index in [9.17, 15) is 20.2 Å². The molecule has 3 aromatic carbocycles. The van der Waals surface area contributed by atoms with Crippen molar-refractivity contribution in [2.24, 2.45) is 0 Å². The maximum Gasteiger partial charge on any atom is 0.410 e. The fourth-order valence-corrected chi connectivity index (χ4v) is 5.43. The Bertz CT molecular complexity index is 1700. The zero-order valence-electron chi connectivity index (χ0n) is 24.6. The van der Waals surface area contributed by atoms with E-state index in [1.165, 1.54) is 6.07 Å². The van der Waals surface area contributed by atoms with Crippen LogP contribution in [-0.2, 0) is 11.3 Å². The quantitative estimate of drug-likeness (QED) is 0.182. The van der Waals surface area contributed by atoms with Crippen LogP contribution < -0.4 is 4.74 Å². The molecule has 0 saturated carbocycles. The fraction of sp³-hybridized carbons (Fsp3) is 0.406. The highest BCUT2D eigenvalue weighted by molar-refractivity contribution is 5.91. The van der Waals surface area contributed by atoms with Gasteiger partial charge in [0, 0.05) is 50.5 Å². The van der Waals surface area contributed by atoms with Crippen LogP contribution in [-0.4, -0.2) is 50.3 Å². The minimum atomic E-state index is -0.581. The number of imidazole rings is 1. The number of nitro groups is 1. The van der Waals surface area contributed by atoms with Crippen LogP contribution in [0.1, 0.15) is 70.3 Å². The highest BCUT2D eigenvalue weighted by atomic mass is 16.6. The van der Waals surface area contributed by atoms with Crippen molar-refractivity contribution >= 4 is 33.6 Å². The van der Waals surface area contributed by atoms with Crippen LogP contribution in [0.15, 0.2) is 48.5 Å². The first kappa shape index (κ1) is 28.9. The van der Waals surface area contributed by atoms with Gasteiger partial charge in [-0.1, -0.05) is 44.2 Å². The topological polar surface area (TPSA) is 124 Å². The summed E-state index contributed by atoms with van der Waals surface area (Å²) in [5.41, 5.74) is 2.16. The summed E-state index contributed by atoms with van der Waals surface area (Å²) in [7, 11) is 0. The van der Waals surface area contributed by atoms with Crippen molar-refractivity contribution in [3.05, 3.63) is 75.6 Å². The first-order valence-electron chi connectivity index (χ1n) is 14.2. The Balaban J connectivity index is 1.48. The molecule has 10 nitrogen and oxygen atoms in total. The highest BCUT2D eigenvalue weighted by Crippen LogP contribution is 2.36. The summed E-state index contributed by atoms with van der Waals surface area (Å²) < 4.78 is 13.8. The number of aromatic nitrogens is 2. The molecule has 42 heavy (non-hydrogen) atoms. The average molecular weight is 570 g/mol. The van der Waals surface area contributed by atoms with Crippen molar-refractivity contribution in [1.29, 1.82) is 5.26 Å². The lowest BCUT2D eigenvalue weighted by molar-refractivity contribution is -0.386. The van der Waals surface area contributed by atoms with Gasteiger partial charge in [-0.2, -0.15) is 5.26 Å². The number of piperidine rings is 1. The lowest BCUT2D eigenvalue weighted by Crippen LogP contribution is -2.44. The number of likely N-dealkylation sites (tertiary alicyclic amines) is 1. The van der Waals surface area contributed by atoms with E-state index in [0.717, 1.165) is 27.7 Å². The van der Waals surface area contributed by atoms with Crippen molar-refractivity contribution < 1.29 is 19.2 Å². The molecule has 0 radical (unpaired) electrons. The van der Waals surface area contributed by atoms with E-state index in [1.54, 1.807) is 11.0 Å². The number of hydrogen-bond acceptors (Lipinski definition) is 7. The highest BCUT2D eigenvalue weighted by Gasteiger charge is 2.30. The van der Waals surface area contributed by atoms with Crippen molar-refractivity contribution in [2.75, 3.05) is 13.1 Å². The van der Waals surface area contributed by atoms with Crippen LogP contribution in [0.25, 0.3) is 21.8 Å². The van der Waals surface area contributed by atoms with Gasteiger partial charge in [-0.25, -0.2) is 9.78 Å². The Labute approximate surface area is 244 Å².